The lowest BCUT2D eigenvalue weighted by Gasteiger charge is -2.23. The molecule has 0 radical (unpaired) electrons. The van der Waals surface area contributed by atoms with Crippen molar-refractivity contribution in [3.8, 4) is 10.4 Å². The minimum absolute atomic E-state index is 0.00475. The number of hydrogen-bond donors (Lipinski definition) is 3. The fourth-order valence-electron chi connectivity index (χ4n) is 2.45. The van der Waals surface area contributed by atoms with Gasteiger partial charge in [0.05, 0.1) is 32.7 Å². The molecule has 1 atom stereocenters. The van der Waals surface area contributed by atoms with Crippen LogP contribution in [0.3, 0.4) is 0 Å². The first-order valence-electron chi connectivity index (χ1n) is 9.09. The van der Waals surface area contributed by atoms with Gasteiger partial charge in [-0.2, -0.15) is 0 Å². The van der Waals surface area contributed by atoms with Gasteiger partial charge in [0.15, 0.2) is 21.0 Å². The van der Waals surface area contributed by atoms with E-state index in [1.54, 1.807) is 33.8 Å². The van der Waals surface area contributed by atoms with E-state index in [1.807, 2.05) is 0 Å². The van der Waals surface area contributed by atoms with Crippen molar-refractivity contribution in [1.29, 1.82) is 0 Å². The number of thiazole rings is 1. The number of sulfone groups is 1. The minimum atomic E-state index is -3.52. The maximum atomic E-state index is 12.3. The van der Waals surface area contributed by atoms with Crippen LogP contribution in [0, 0.1) is 6.92 Å². The van der Waals surface area contributed by atoms with Crippen LogP contribution in [-0.2, 0) is 19.4 Å². The van der Waals surface area contributed by atoms with Gasteiger partial charge in [-0.05, 0) is 45.4 Å². The third kappa shape index (κ3) is 7.17. The average Bonchev–Trinajstić information content (AvgIpc) is 2.97. The van der Waals surface area contributed by atoms with Crippen LogP contribution in [0.2, 0.25) is 5.02 Å². The van der Waals surface area contributed by atoms with Crippen molar-refractivity contribution in [3.63, 3.8) is 0 Å². The number of carbonyl (C=O) groups excluding carboxylic acids is 1. The molecule has 0 unspecified atom stereocenters. The number of halogens is 1. The molecule has 0 bridgehead atoms. The van der Waals surface area contributed by atoms with Gasteiger partial charge in [0, 0.05) is 6.26 Å². The van der Waals surface area contributed by atoms with Crippen molar-refractivity contribution in [1.82, 2.24) is 10.3 Å². The lowest BCUT2D eigenvalue weighted by atomic mass is 10.2. The van der Waals surface area contributed by atoms with Crippen LogP contribution in [0.5, 0.6) is 0 Å². The molecule has 1 heterocycles. The maximum Gasteiger partial charge on any atom is 0.328 e. The molecule has 0 saturated carbocycles. The molecule has 0 fully saturated rings. The predicted octanol–water partition coefficient (Wildman–Crippen LogP) is 3.57. The zero-order chi connectivity index (χ0) is 23.6. The summed E-state index contributed by atoms with van der Waals surface area (Å²) in [5.41, 5.74) is 0.583. The number of amides is 2. The van der Waals surface area contributed by atoms with Gasteiger partial charge in [-0.15, -0.1) is 0 Å². The summed E-state index contributed by atoms with van der Waals surface area (Å²) in [6.07, 6.45) is 1.07. The van der Waals surface area contributed by atoms with Crippen LogP contribution < -0.4 is 10.6 Å². The fraction of sp³-hybridized carbons (Fsp3) is 0.421. The number of aromatic nitrogens is 1. The normalized spacial score (nSPS) is 13.0. The van der Waals surface area contributed by atoms with Gasteiger partial charge in [0.25, 0.3) is 0 Å². The number of carbonyl (C=O) groups is 2. The first-order chi connectivity index (χ1) is 14.2. The molecule has 170 valence electrons. The van der Waals surface area contributed by atoms with Crippen molar-refractivity contribution >= 4 is 49.9 Å². The topological polar surface area (TPSA) is 135 Å². The Morgan fingerprint density at radius 1 is 1.32 bits per heavy atom. The number of aryl methyl sites for hydroxylation is 1. The van der Waals surface area contributed by atoms with Crippen LogP contribution >= 0.6 is 22.9 Å². The van der Waals surface area contributed by atoms with Crippen molar-refractivity contribution < 1.29 is 27.9 Å². The molecule has 31 heavy (non-hydrogen) atoms. The number of carboxylic acids is 1. The lowest BCUT2D eigenvalue weighted by Crippen LogP contribution is -2.47. The van der Waals surface area contributed by atoms with Gasteiger partial charge in [0.1, 0.15) is 0 Å². The number of urea groups is 1. The monoisotopic (exact) mass is 489 g/mol. The summed E-state index contributed by atoms with van der Waals surface area (Å²) in [6, 6.07) is 2.60. The van der Waals surface area contributed by atoms with Crippen LogP contribution in [0.15, 0.2) is 23.1 Å². The van der Waals surface area contributed by atoms with Crippen LogP contribution in [-0.4, -0.2) is 55.0 Å². The standard InChI is InChI=1S/C19H24ClN3O6S2/c1-10-15(11-6-7-12(20)14(8-11)31(5,27)28)30-18(21-10)23-17(26)22-13(16(24)25)9-29-19(2,3)4/h6-8,13H,9H2,1-5H3,(H,24,25)(H2,21,22,23,26)/t13-/m0/s1. The molecule has 0 aliphatic heterocycles. The first-order valence-corrected chi connectivity index (χ1v) is 12.2. The second kappa shape index (κ2) is 9.51. The Morgan fingerprint density at radius 2 is 1.97 bits per heavy atom. The summed E-state index contributed by atoms with van der Waals surface area (Å²) in [5.74, 6) is -1.23. The Kier molecular flexibility index (Phi) is 7.69. The van der Waals surface area contributed by atoms with E-state index in [4.69, 9.17) is 16.3 Å². The summed E-state index contributed by atoms with van der Waals surface area (Å²) < 4.78 is 29.3. The van der Waals surface area contributed by atoms with E-state index in [2.05, 4.69) is 15.6 Å². The Morgan fingerprint density at radius 3 is 2.52 bits per heavy atom. The third-order valence-electron chi connectivity index (χ3n) is 3.90. The molecule has 0 saturated heterocycles. The number of benzene rings is 1. The van der Waals surface area contributed by atoms with E-state index in [1.165, 1.54) is 12.1 Å². The number of carboxylic acid groups (broad SMARTS) is 1. The Labute approximate surface area is 189 Å². The quantitative estimate of drug-likeness (QED) is 0.541. The highest BCUT2D eigenvalue weighted by atomic mass is 35.5. The predicted molar refractivity (Wildman–Crippen MR) is 120 cm³/mol. The summed E-state index contributed by atoms with van der Waals surface area (Å²) in [5, 5.41) is 14.5. The Bertz CT molecular complexity index is 1090. The van der Waals surface area contributed by atoms with Crippen molar-refractivity contribution in [2.75, 3.05) is 18.2 Å². The number of ether oxygens (including phenoxy) is 1. The zero-order valence-electron chi connectivity index (χ0n) is 17.6. The highest BCUT2D eigenvalue weighted by Gasteiger charge is 2.24. The van der Waals surface area contributed by atoms with Gasteiger partial charge < -0.3 is 15.2 Å². The number of aliphatic carboxylic acids is 1. The Balaban J connectivity index is 2.18. The summed E-state index contributed by atoms with van der Waals surface area (Å²) in [6.45, 7) is 6.84. The van der Waals surface area contributed by atoms with E-state index in [-0.39, 0.29) is 21.7 Å². The van der Waals surface area contributed by atoms with E-state index in [9.17, 15) is 23.1 Å². The number of nitrogens with zero attached hydrogens (tertiary/aromatic N) is 1. The first kappa shape index (κ1) is 25.1. The zero-order valence-corrected chi connectivity index (χ0v) is 20.0. The summed E-state index contributed by atoms with van der Waals surface area (Å²) in [4.78, 5) is 28.6. The molecular weight excluding hydrogens is 466 g/mol. The maximum absolute atomic E-state index is 12.3. The van der Waals surface area contributed by atoms with Crippen molar-refractivity contribution in [2.24, 2.45) is 0 Å². The van der Waals surface area contributed by atoms with Gasteiger partial charge in [-0.3, -0.25) is 5.32 Å². The van der Waals surface area contributed by atoms with E-state index < -0.39 is 33.5 Å². The molecule has 0 aliphatic carbocycles. The molecular formula is C19H24ClN3O6S2. The molecule has 1 aromatic heterocycles. The third-order valence-corrected chi connectivity index (χ3v) is 6.60. The smallest absolute Gasteiger partial charge is 0.328 e. The number of hydrogen-bond acceptors (Lipinski definition) is 7. The second-order valence-corrected chi connectivity index (χ2v) is 11.2. The average molecular weight is 490 g/mol. The van der Waals surface area contributed by atoms with Gasteiger partial charge >= 0.3 is 12.0 Å². The lowest BCUT2D eigenvalue weighted by molar-refractivity contribution is -0.142. The number of nitrogens with one attached hydrogen (secondary N) is 2. The molecule has 0 spiro atoms. The molecule has 12 heteroatoms. The van der Waals surface area contributed by atoms with Crippen LogP contribution in [0.25, 0.3) is 10.4 Å². The molecule has 3 N–H and O–H groups in total. The highest BCUT2D eigenvalue weighted by Crippen LogP contribution is 2.35. The molecule has 2 aromatic rings. The number of rotatable bonds is 7. The Hall–Kier alpha value is -2.21. The molecule has 2 amide bonds. The van der Waals surface area contributed by atoms with E-state index in [0.29, 0.717) is 16.1 Å². The molecule has 0 aliphatic rings. The summed E-state index contributed by atoms with van der Waals surface area (Å²) >= 11 is 7.11. The SMILES string of the molecule is Cc1nc(NC(=O)N[C@@H](COC(C)(C)C)C(=O)O)sc1-c1ccc(Cl)c(S(C)(=O)=O)c1. The van der Waals surface area contributed by atoms with Crippen molar-refractivity contribution in [2.45, 2.75) is 44.2 Å². The minimum Gasteiger partial charge on any atom is -0.480 e. The van der Waals surface area contributed by atoms with E-state index in [0.717, 1.165) is 17.6 Å². The summed E-state index contributed by atoms with van der Waals surface area (Å²) in [7, 11) is -3.52. The van der Waals surface area contributed by atoms with Crippen LogP contribution in [0.4, 0.5) is 9.93 Å². The van der Waals surface area contributed by atoms with Crippen LogP contribution in [0.1, 0.15) is 26.5 Å². The van der Waals surface area contributed by atoms with Gasteiger partial charge in [0.2, 0.25) is 0 Å². The largest absolute Gasteiger partial charge is 0.480 e. The molecule has 1 aromatic carbocycles. The highest BCUT2D eigenvalue weighted by molar-refractivity contribution is 7.90. The number of anilines is 1. The van der Waals surface area contributed by atoms with Gasteiger partial charge in [-0.25, -0.2) is 23.0 Å². The fourth-order valence-corrected chi connectivity index (χ4v) is 4.71. The van der Waals surface area contributed by atoms with E-state index >= 15 is 0 Å². The molecule has 2 rings (SSSR count). The second-order valence-electron chi connectivity index (χ2n) is 7.76. The van der Waals surface area contributed by atoms with Gasteiger partial charge in [-0.1, -0.05) is 29.0 Å². The van der Waals surface area contributed by atoms with Crippen molar-refractivity contribution in [3.05, 3.63) is 28.9 Å². The molecule has 9 nitrogen and oxygen atoms in total.